The van der Waals surface area contributed by atoms with Crippen molar-refractivity contribution in [2.24, 2.45) is 0 Å². The molecule has 1 amide bonds. The van der Waals surface area contributed by atoms with Gasteiger partial charge in [0.2, 0.25) is 5.91 Å². The molecule has 23 heavy (non-hydrogen) atoms. The van der Waals surface area contributed by atoms with Crippen LogP contribution in [0.25, 0.3) is 5.65 Å². The van der Waals surface area contributed by atoms with Gasteiger partial charge in [0.1, 0.15) is 5.65 Å². The summed E-state index contributed by atoms with van der Waals surface area (Å²) < 4.78 is 1.95. The summed E-state index contributed by atoms with van der Waals surface area (Å²) in [6, 6.07) is 5.90. The number of nitrogens with one attached hydrogen (secondary N) is 2. The standard InChI is InChI=1S/C17H19N5O/c1-10-3-6-16-18-14(9-22(16)8-10)11(2)17(23)19-15-7-13(20-21-15)12-4-5-12/h3,6-9,11-12H,4-5H2,1-2H3,(H2,19,20,21,23)/t11-/m0/s1. The Morgan fingerprint density at radius 1 is 1.39 bits per heavy atom. The third kappa shape index (κ3) is 2.72. The first-order valence-electron chi connectivity index (χ1n) is 7.91. The molecule has 4 rings (SSSR count). The first-order valence-corrected chi connectivity index (χ1v) is 7.91. The Labute approximate surface area is 133 Å². The normalized spacial score (nSPS) is 15.7. The Hall–Kier alpha value is -2.63. The van der Waals surface area contributed by atoms with E-state index in [0.717, 1.165) is 22.6 Å². The number of rotatable bonds is 4. The molecule has 0 aliphatic heterocycles. The summed E-state index contributed by atoms with van der Waals surface area (Å²) in [6.45, 7) is 3.89. The van der Waals surface area contributed by atoms with E-state index in [9.17, 15) is 4.79 Å². The van der Waals surface area contributed by atoms with Crippen molar-refractivity contribution in [2.75, 3.05) is 5.32 Å². The van der Waals surface area contributed by atoms with Gasteiger partial charge in [-0.15, -0.1) is 0 Å². The van der Waals surface area contributed by atoms with Gasteiger partial charge in [-0.25, -0.2) is 4.98 Å². The van der Waals surface area contributed by atoms with E-state index in [1.807, 2.05) is 48.8 Å². The van der Waals surface area contributed by atoms with Gasteiger partial charge in [-0.2, -0.15) is 5.10 Å². The van der Waals surface area contributed by atoms with Crippen LogP contribution >= 0.6 is 0 Å². The molecule has 0 aromatic carbocycles. The summed E-state index contributed by atoms with van der Waals surface area (Å²) in [5, 5.41) is 10.0. The largest absolute Gasteiger partial charge is 0.309 e. The minimum Gasteiger partial charge on any atom is -0.309 e. The molecule has 1 saturated carbocycles. The van der Waals surface area contributed by atoms with Crippen molar-refractivity contribution in [3.63, 3.8) is 0 Å². The number of fused-ring (bicyclic) bond motifs is 1. The fourth-order valence-electron chi connectivity index (χ4n) is 2.70. The molecular formula is C17H19N5O. The van der Waals surface area contributed by atoms with Gasteiger partial charge in [0.25, 0.3) is 0 Å². The Kier molecular flexibility index (Phi) is 3.18. The van der Waals surface area contributed by atoms with Crippen LogP contribution in [0.2, 0.25) is 0 Å². The number of carbonyl (C=O) groups excluding carboxylic acids is 1. The molecule has 1 fully saturated rings. The number of pyridine rings is 1. The molecule has 3 heterocycles. The molecule has 2 N–H and O–H groups in total. The van der Waals surface area contributed by atoms with Gasteiger partial charge in [-0.1, -0.05) is 6.07 Å². The number of aryl methyl sites for hydroxylation is 1. The summed E-state index contributed by atoms with van der Waals surface area (Å²) in [5.74, 6) is 0.742. The molecular weight excluding hydrogens is 290 g/mol. The SMILES string of the molecule is Cc1ccc2nc([C@H](C)C(=O)Nc3cc(C4CC4)[nH]n3)cn2c1. The lowest BCUT2D eigenvalue weighted by Crippen LogP contribution is -2.19. The predicted octanol–water partition coefficient (Wildman–Crippen LogP) is 2.99. The van der Waals surface area contributed by atoms with Gasteiger partial charge in [-0.3, -0.25) is 9.89 Å². The summed E-state index contributed by atoms with van der Waals surface area (Å²) in [6.07, 6.45) is 6.32. The predicted molar refractivity (Wildman–Crippen MR) is 87.5 cm³/mol. The second kappa shape index (κ2) is 5.22. The minimum atomic E-state index is -0.337. The van der Waals surface area contributed by atoms with E-state index < -0.39 is 0 Å². The van der Waals surface area contributed by atoms with E-state index in [2.05, 4.69) is 20.5 Å². The second-order valence-corrected chi connectivity index (χ2v) is 6.33. The van der Waals surface area contributed by atoms with E-state index in [-0.39, 0.29) is 11.8 Å². The van der Waals surface area contributed by atoms with Crippen molar-refractivity contribution < 1.29 is 4.79 Å². The number of aromatic amines is 1. The van der Waals surface area contributed by atoms with Gasteiger partial charge in [0, 0.05) is 30.1 Å². The topological polar surface area (TPSA) is 75.1 Å². The molecule has 3 aromatic rings. The van der Waals surface area contributed by atoms with E-state index in [1.54, 1.807) is 0 Å². The molecule has 118 valence electrons. The minimum absolute atomic E-state index is 0.0982. The molecule has 0 unspecified atom stereocenters. The Morgan fingerprint density at radius 2 is 2.22 bits per heavy atom. The van der Waals surface area contributed by atoms with Crippen molar-refractivity contribution in [3.8, 4) is 0 Å². The molecule has 6 nitrogen and oxygen atoms in total. The van der Waals surface area contributed by atoms with Crippen molar-refractivity contribution >= 4 is 17.4 Å². The fraction of sp³-hybridized carbons (Fsp3) is 0.353. The highest BCUT2D eigenvalue weighted by atomic mass is 16.2. The molecule has 0 saturated heterocycles. The molecule has 0 spiro atoms. The smallest absolute Gasteiger partial charge is 0.234 e. The van der Waals surface area contributed by atoms with Crippen LogP contribution in [0.3, 0.4) is 0 Å². The molecule has 1 aliphatic rings. The quantitative estimate of drug-likeness (QED) is 0.778. The maximum Gasteiger partial charge on any atom is 0.234 e. The summed E-state index contributed by atoms with van der Waals surface area (Å²) >= 11 is 0. The van der Waals surface area contributed by atoms with E-state index >= 15 is 0 Å². The number of imidazole rings is 1. The van der Waals surface area contributed by atoms with Crippen LogP contribution in [0.15, 0.2) is 30.6 Å². The highest BCUT2D eigenvalue weighted by molar-refractivity contribution is 5.94. The maximum atomic E-state index is 12.4. The van der Waals surface area contributed by atoms with Gasteiger partial charge in [0.05, 0.1) is 11.6 Å². The first-order chi connectivity index (χ1) is 11.1. The van der Waals surface area contributed by atoms with Crippen LogP contribution in [0.4, 0.5) is 5.82 Å². The van der Waals surface area contributed by atoms with Crippen LogP contribution < -0.4 is 5.32 Å². The average molecular weight is 309 g/mol. The highest BCUT2D eigenvalue weighted by Crippen LogP contribution is 2.39. The van der Waals surface area contributed by atoms with Crippen LogP contribution in [0.1, 0.15) is 48.6 Å². The lowest BCUT2D eigenvalue weighted by molar-refractivity contribution is -0.117. The molecule has 6 heteroatoms. The first kappa shape index (κ1) is 14.0. The summed E-state index contributed by atoms with van der Waals surface area (Å²) in [7, 11) is 0. The van der Waals surface area contributed by atoms with Crippen molar-refractivity contribution in [2.45, 2.75) is 38.5 Å². The van der Waals surface area contributed by atoms with Crippen LogP contribution in [0.5, 0.6) is 0 Å². The zero-order valence-electron chi connectivity index (χ0n) is 13.2. The lowest BCUT2D eigenvalue weighted by atomic mass is 10.1. The zero-order valence-corrected chi connectivity index (χ0v) is 13.2. The summed E-state index contributed by atoms with van der Waals surface area (Å²) in [4.78, 5) is 17.0. The second-order valence-electron chi connectivity index (χ2n) is 6.33. The van der Waals surface area contributed by atoms with Crippen molar-refractivity contribution in [1.82, 2.24) is 19.6 Å². The number of aromatic nitrogens is 4. The molecule has 3 aromatic heterocycles. The van der Waals surface area contributed by atoms with Crippen LogP contribution in [-0.4, -0.2) is 25.5 Å². The monoisotopic (exact) mass is 309 g/mol. The Morgan fingerprint density at radius 3 is 3.00 bits per heavy atom. The molecule has 1 aliphatic carbocycles. The number of hydrogen-bond acceptors (Lipinski definition) is 3. The highest BCUT2D eigenvalue weighted by Gasteiger charge is 2.26. The van der Waals surface area contributed by atoms with Gasteiger partial charge in [0.15, 0.2) is 5.82 Å². The van der Waals surface area contributed by atoms with Crippen LogP contribution in [-0.2, 0) is 4.79 Å². The Bertz CT molecular complexity index is 874. The third-order valence-electron chi connectivity index (χ3n) is 4.32. The third-order valence-corrected chi connectivity index (χ3v) is 4.32. The number of carbonyl (C=O) groups is 1. The van der Waals surface area contributed by atoms with Crippen LogP contribution in [0, 0.1) is 6.92 Å². The molecule has 1 atom stereocenters. The number of amides is 1. The fourth-order valence-corrected chi connectivity index (χ4v) is 2.70. The number of anilines is 1. The Balaban J connectivity index is 1.51. The molecule has 0 bridgehead atoms. The van der Waals surface area contributed by atoms with Gasteiger partial charge in [-0.05, 0) is 38.3 Å². The van der Waals surface area contributed by atoms with E-state index in [0.29, 0.717) is 11.7 Å². The maximum absolute atomic E-state index is 12.4. The lowest BCUT2D eigenvalue weighted by Gasteiger charge is -2.07. The summed E-state index contributed by atoms with van der Waals surface area (Å²) in [5.41, 5.74) is 3.87. The number of nitrogens with zero attached hydrogens (tertiary/aromatic N) is 3. The van der Waals surface area contributed by atoms with Gasteiger partial charge < -0.3 is 9.72 Å². The number of hydrogen-bond donors (Lipinski definition) is 2. The van der Waals surface area contributed by atoms with E-state index in [1.165, 1.54) is 12.8 Å². The zero-order chi connectivity index (χ0) is 16.0. The van der Waals surface area contributed by atoms with Crippen molar-refractivity contribution in [3.05, 3.63) is 47.5 Å². The van der Waals surface area contributed by atoms with Gasteiger partial charge >= 0.3 is 0 Å². The average Bonchev–Trinajstić information content (AvgIpc) is 3.13. The number of H-pyrrole nitrogens is 1. The molecule has 0 radical (unpaired) electrons. The van der Waals surface area contributed by atoms with E-state index in [4.69, 9.17) is 0 Å². The van der Waals surface area contributed by atoms with Crippen molar-refractivity contribution in [1.29, 1.82) is 0 Å².